The predicted octanol–water partition coefficient (Wildman–Crippen LogP) is 12.1. The van der Waals surface area contributed by atoms with Crippen LogP contribution in [0.1, 0.15) is 0 Å². The van der Waals surface area contributed by atoms with Crippen molar-refractivity contribution in [2.45, 2.75) is 0 Å². The maximum Gasteiger partial charge on any atom is 0.246 e. The Bertz CT molecular complexity index is 2820. The van der Waals surface area contributed by atoms with Gasteiger partial charge in [-0.1, -0.05) is 109 Å². The number of hydrogen-bond acceptors (Lipinski definition) is 4. The van der Waals surface area contributed by atoms with Gasteiger partial charge in [-0.2, -0.15) is 0 Å². The van der Waals surface area contributed by atoms with Crippen molar-refractivity contribution < 1.29 is 4.42 Å². The first-order valence-electron chi connectivity index (χ1n) is 15.4. The largest absolute Gasteiger partial charge is 0.436 e. The summed E-state index contributed by atoms with van der Waals surface area (Å²) in [4.78, 5) is 10.0. The summed E-state index contributed by atoms with van der Waals surface area (Å²) in [7, 11) is 0. The molecule has 3 heterocycles. The Balaban J connectivity index is 1.10. The summed E-state index contributed by atoms with van der Waals surface area (Å²) in [6.07, 6.45) is 0. The van der Waals surface area contributed by atoms with Gasteiger partial charge in [-0.15, -0.1) is 11.3 Å². The molecule has 0 fully saturated rings. The second-order valence-corrected chi connectivity index (χ2v) is 12.8. The van der Waals surface area contributed by atoms with E-state index in [1.807, 2.05) is 23.5 Å². The van der Waals surface area contributed by atoms with E-state index in [0.717, 1.165) is 44.2 Å². The highest BCUT2D eigenvalue weighted by molar-refractivity contribution is 7.26. The van der Waals surface area contributed by atoms with E-state index in [9.17, 15) is 0 Å². The van der Waals surface area contributed by atoms with Gasteiger partial charge in [0.25, 0.3) is 0 Å². The third-order valence-corrected chi connectivity index (χ3v) is 10.3. The number of thiophene rings is 1. The van der Waals surface area contributed by atoms with Crippen molar-refractivity contribution in [2.24, 2.45) is 0 Å². The topological polar surface area (TPSA) is 38.9 Å². The van der Waals surface area contributed by atoms with Crippen molar-refractivity contribution in [3.63, 3.8) is 0 Å². The minimum atomic E-state index is 0.558. The summed E-state index contributed by atoms with van der Waals surface area (Å²) < 4.78 is 8.86. The van der Waals surface area contributed by atoms with E-state index in [1.54, 1.807) is 0 Å². The molecule has 0 saturated carbocycles. The van der Waals surface area contributed by atoms with Crippen LogP contribution in [-0.2, 0) is 0 Å². The van der Waals surface area contributed by atoms with Gasteiger partial charge in [0, 0.05) is 25.6 Å². The number of rotatable bonds is 3. The Hall–Kier alpha value is -5.84. The molecule has 3 aromatic heterocycles. The normalized spacial score (nSPS) is 11.9. The van der Waals surface area contributed by atoms with Crippen molar-refractivity contribution in [1.82, 2.24) is 9.97 Å². The number of fused-ring (bicyclic) bond motifs is 8. The monoisotopic (exact) mass is 604 g/mol. The van der Waals surface area contributed by atoms with Gasteiger partial charge in [-0.3, -0.25) is 0 Å². The summed E-state index contributed by atoms with van der Waals surface area (Å²) in [5.74, 6) is 0. The van der Waals surface area contributed by atoms with Crippen molar-refractivity contribution in [2.75, 3.05) is 0 Å². The van der Waals surface area contributed by atoms with Crippen LogP contribution in [-0.4, -0.2) is 9.97 Å². The lowest BCUT2D eigenvalue weighted by Gasteiger charge is -2.08. The Morgan fingerprint density at radius 3 is 2.15 bits per heavy atom. The van der Waals surface area contributed by atoms with Crippen LogP contribution in [0.2, 0.25) is 0 Å². The minimum Gasteiger partial charge on any atom is -0.436 e. The number of nitrogens with zero attached hydrogens (tertiary/aromatic N) is 2. The molecule has 10 rings (SSSR count). The van der Waals surface area contributed by atoms with Crippen LogP contribution < -0.4 is 0 Å². The van der Waals surface area contributed by atoms with Crippen molar-refractivity contribution >= 4 is 75.5 Å². The van der Waals surface area contributed by atoms with Crippen LogP contribution in [0.25, 0.3) is 97.6 Å². The lowest BCUT2D eigenvalue weighted by Crippen LogP contribution is -1.87. The van der Waals surface area contributed by atoms with E-state index < -0.39 is 0 Å². The molecule has 0 radical (unpaired) electrons. The van der Waals surface area contributed by atoms with Gasteiger partial charge in [-0.25, -0.2) is 9.97 Å². The second-order valence-electron chi connectivity index (χ2n) is 11.8. The zero-order valence-electron chi connectivity index (χ0n) is 24.6. The highest BCUT2D eigenvalue weighted by Gasteiger charge is 2.15. The first-order valence-corrected chi connectivity index (χ1v) is 16.2. The van der Waals surface area contributed by atoms with Gasteiger partial charge < -0.3 is 4.42 Å². The molecular weight excluding hydrogens is 581 g/mol. The molecule has 0 N–H and O–H groups in total. The first-order chi connectivity index (χ1) is 22.8. The predicted molar refractivity (Wildman–Crippen MR) is 194 cm³/mol. The van der Waals surface area contributed by atoms with Gasteiger partial charge >= 0.3 is 0 Å². The van der Waals surface area contributed by atoms with Crippen LogP contribution in [0.15, 0.2) is 150 Å². The molecule has 10 aromatic rings. The van der Waals surface area contributed by atoms with Gasteiger partial charge in [0.2, 0.25) is 5.71 Å². The molecule has 0 aliphatic heterocycles. The van der Waals surface area contributed by atoms with Gasteiger partial charge in [-0.05, 0) is 80.6 Å². The Labute approximate surface area is 268 Å². The van der Waals surface area contributed by atoms with Crippen LogP contribution in [0.5, 0.6) is 0 Å². The van der Waals surface area contributed by atoms with Gasteiger partial charge in [0.1, 0.15) is 11.1 Å². The summed E-state index contributed by atoms with van der Waals surface area (Å²) in [5, 5.41) is 6.04. The van der Waals surface area contributed by atoms with Crippen LogP contribution in [0, 0.1) is 0 Å². The van der Waals surface area contributed by atoms with E-state index in [0.29, 0.717) is 5.71 Å². The second kappa shape index (κ2) is 9.83. The van der Waals surface area contributed by atoms with Crippen LogP contribution in [0.3, 0.4) is 0 Å². The fraction of sp³-hybridized carbons (Fsp3) is 0. The molecular formula is C42H24N2OS. The van der Waals surface area contributed by atoms with Crippen LogP contribution >= 0.6 is 11.3 Å². The molecule has 0 bridgehead atoms. The third-order valence-electron chi connectivity index (χ3n) is 9.09. The van der Waals surface area contributed by atoms with Gasteiger partial charge in [0.05, 0.1) is 11.0 Å². The average molecular weight is 605 g/mol. The Morgan fingerprint density at radius 2 is 1.17 bits per heavy atom. The number of hydrogen-bond donors (Lipinski definition) is 0. The van der Waals surface area contributed by atoms with Crippen molar-refractivity contribution in [1.29, 1.82) is 0 Å². The summed E-state index contributed by atoms with van der Waals surface area (Å²) in [5.41, 5.74) is 10.8. The standard InChI is InChI=1S/C42H24N2OS/c1-2-12-30-25(8-1)9-6-14-31(30)29-18-20-36-37(24-29)43-40-35-23-27(19-21-38(35)45-42(40)44-36)26-10-5-11-28(22-26)32-15-7-16-34-33-13-3-4-17-39(33)46-41(32)34/h1-24H. The van der Waals surface area contributed by atoms with Crippen molar-refractivity contribution in [3.8, 4) is 33.4 Å². The minimum absolute atomic E-state index is 0.558. The molecule has 0 atom stereocenters. The van der Waals surface area contributed by atoms with Gasteiger partial charge in [0.15, 0.2) is 0 Å². The quantitative estimate of drug-likeness (QED) is 0.201. The Morgan fingerprint density at radius 1 is 0.457 bits per heavy atom. The fourth-order valence-electron chi connectivity index (χ4n) is 6.86. The summed E-state index contributed by atoms with van der Waals surface area (Å²) in [6.45, 7) is 0. The molecule has 0 aliphatic rings. The Kier molecular flexibility index (Phi) is 5.45. The highest BCUT2D eigenvalue weighted by atomic mass is 32.1. The molecule has 3 nitrogen and oxygen atoms in total. The maximum atomic E-state index is 6.22. The average Bonchev–Trinajstić information content (AvgIpc) is 3.67. The van der Waals surface area contributed by atoms with E-state index in [1.165, 1.54) is 47.6 Å². The first kappa shape index (κ1) is 25.5. The van der Waals surface area contributed by atoms with E-state index in [4.69, 9.17) is 14.4 Å². The van der Waals surface area contributed by atoms with Crippen molar-refractivity contribution in [3.05, 3.63) is 146 Å². The van der Waals surface area contributed by atoms with E-state index in [2.05, 4.69) is 133 Å². The highest BCUT2D eigenvalue weighted by Crippen LogP contribution is 2.41. The molecule has 0 spiro atoms. The zero-order valence-corrected chi connectivity index (χ0v) is 25.4. The lowest BCUT2D eigenvalue weighted by molar-refractivity contribution is 0.655. The molecule has 46 heavy (non-hydrogen) atoms. The molecule has 0 amide bonds. The third kappa shape index (κ3) is 3.91. The summed E-state index contributed by atoms with van der Waals surface area (Å²) in [6, 6.07) is 51.7. The van der Waals surface area contributed by atoms with E-state index in [-0.39, 0.29) is 0 Å². The fourth-order valence-corrected chi connectivity index (χ4v) is 8.10. The smallest absolute Gasteiger partial charge is 0.246 e. The summed E-state index contributed by atoms with van der Waals surface area (Å²) >= 11 is 1.86. The molecule has 4 heteroatoms. The lowest BCUT2D eigenvalue weighted by atomic mass is 9.97. The SMILES string of the molecule is c1cc(-c2ccc3oc4nc5ccc(-c6cccc7ccccc67)cc5nc4c3c2)cc(-c2cccc3c2sc2ccccc23)c1. The van der Waals surface area contributed by atoms with Crippen LogP contribution in [0.4, 0.5) is 0 Å². The van der Waals surface area contributed by atoms with E-state index >= 15 is 0 Å². The molecule has 0 unspecified atom stereocenters. The zero-order chi connectivity index (χ0) is 30.2. The molecule has 0 aliphatic carbocycles. The molecule has 214 valence electrons. The number of furan rings is 1. The number of aromatic nitrogens is 2. The molecule has 7 aromatic carbocycles. The maximum absolute atomic E-state index is 6.22. The number of benzene rings is 7. The molecule has 0 saturated heterocycles.